The molecule has 5 aromatic rings. The number of likely N-dealkylation sites (tertiary alicyclic amines) is 3. The molecule has 0 amide bonds. The van der Waals surface area contributed by atoms with E-state index in [2.05, 4.69) is 105 Å². The Labute approximate surface area is 689 Å². The number of fused-ring (bicyclic) bond motifs is 15. The van der Waals surface area contributed by atoms with E-state index in [4.69, 9.17) is 9.97 Å². The molecule has 628 valence electrons. The van der Waals surface area contributed by atoms with Crippen LogP contribution in [0.3, 0.4) is 0 Å². The lowest BCUT2D eigenvalue weighted by atomic mass is 9.73. The molecule has 10 aliphatic heterocycles. The van der Waals surface area contributed by atoms with Crippen molar-refractivity contribution >= 4 is 57.3 Å². The smallest absolute Gasteiger partial charge is 0.323 e. The van der Waals surface area contributed by atoms with Gasteiger partial charge in [0, 0.05) is 79.0 Å². The SMILES string of the molecule is O=C(O)CN1CCC/C(=C2/N(CC(=O)O)c3ccccc3N2C2C[C@H]3CCC[C@@H](C2)N3C2C[C@H]3CCCC[C@@H](C2)C3)C1.O=C(O)CN1CCC[C@@H]1c1nc2ccccc2n1C1C[C@H]2CCC[C@@H](C1)N2C1C[C@H]2CCCC[C@@H](C1)C2.O=C(O)CN1CCC[C@H]1c1nc2ccccc2n1C1C[C@H]2CCC[C@@H](C1)N2C1C[C@H]2CCCC[C@@H](C1)C2. The van der Waals surface area contributed by atoms with Gasteiger partial charge in [-0.05, 0) is 270 Å². The molecule has 20 nitrogen and oxygen atoms in total. The van der Waals surface area contributed by atoms with Gasteiger partial charge in [-0.3, -0.25) is 48.6 Å². The molecule has 16 aliphatic rings. The van der Waals surface area contributed by atoms with Crippen LogP contribution in [0.5, 0.6) is 0 Å². The van der Waals surface area contributed by atoms with Gasteiger partial charge in [0.15, 0.2) is 0 Å². The number of carboxylic acids is 4. The average Bonchev–Trinajstić information content (AvgIpc) is 1.57. The predicted octanol–water partition coefficient (Wildman–Crippen LogP) is 17.9. The molecule has 20 heteroatoms. The van der Waals surface area contributed by atoms with E-state index in [9.17, 15) is 39.6 Å². The van der Waals surface area contributed by atoms with Crippen molar-refractivity contribution in [1.29, 1.82) is 0 Å². The van der Waals surface area contributed by atoms with Crippen molar-refractivity contribution < 1.29 is 39.6 Å². The maximum Gasteiger partial charge on any atom is 0.323 e. The van der Waals surface area contributed by atoms with E-state index in [0.717, 1.165) is 165 Å². The lowest BCUT2D eigenvalue weighted by Crippen LogP contribution is -2.61. The molecule has 15 fully saturated rings. The van der Waals surface area contributed by atoms with E-state index in [-0.39, 0.29) is 38.3 Å². The lowest BCUT2D eigenvalue weighted by molar-refractivity contribution is -0.139. The molecule has 4 N–H and O–H groups in total. The lowest BCUT2D eigenvalue weighted by Gasteiger charge is -2.56. The van der Waals surface area contributed by atoms with Crippen LogP contribution in [-0.2, 0) is 19.2 Å². The minimum atomic E-state index is -0.839. The van der Waals surface area contributed by atoms with E-state index >= 15 is 0 Å². The number of nitrogens with zero attached hydrogens (tertiary/aromatic N) is 12. The molecule has 6 saturated carbocycles. The third-order valence-electron chi connectivity index (χ3n) is 32.9. The Balaban J connectivity index is 0.000000116. The van der Waals surface area contributed by atoms with Crippen LogP contribution in [0.2, 0.25) is 0 Å². The first-order chi connectivity index (χ1) is 56.7. The van der Waals surface area contributed by atoms with Crippen molar-refractivity contribution in [2.24, 2.45) is 35.5 Å². The van der Waals surface area contributed by atoms with Crippen LogP contribution < -0.4 is 9.80 Å². The second-order valence-corrected chi connectivity index (χ2v) is 40.2. The van der Waals surface area contributed by atoms with Gasteiger partial charge in [-0.15, -0.1) is 0 Å². The summed E-state index contributed by atoms with van der Waals surface area (Å²) in [5.74, 6) is 5.87. The molecule has 12 heterocycles. The first-order valence-electron chi connectivity index (χ1n) is 47.4. The van der Waals surface area contributed by atoms with Crippen molar-refractivity contribution in [3.63, 3.8) is 0 Å². The molecule has 3 aromatic carbocycles. The maximum atomic E-state index is 12.2. The molecular formula is C96H136N12O8. The van der Waals surface area contributed by atoms with Crippen LogP contribution in [0.25, 0.3) is 22.1 Å². The van der Waals surface area contributed by atoms with E-state index in [1.807, 2.05) is 15.9 Å². The number of carbonyl (C=O) groups is 4. The monoisotopic (exact) mass is 1590 g/mol. The number of carboxylic acid groups (broad SMARTS) is 4. The number of hydrogen-bond donors (Lipinski definition) is 4. The Hall–Kier alpha value is -6.42. The summed E-state index contributed by atoms with van der Waals surface area (Å²) in [6.45, 7) is 3.22. The summed E-state index contributed by atoms with van der Waals surface area (Å²) >= 11 is 0. The molecule has 0 radical (unpaired) electrons. The maximum absolute atomic E-state index is 12.2. The molecule has 20 atom stereocenters. The number of benzene rings is 3. The van der Waals surface area contributed by atoms with E-state index in [1.54, 1.807) is 0 Å². The number of aliphatic carboxylic acids is 4. The Morgan fingerprint density at radius 3 is 1.08 bits per heavy atom. The minimum Gasteiger partial charge on any atom is -0.480 e. The minimum absolute atomic E-state index is 0.0224. The molecule has 116 heavy (non-hydrogen) atoms. The summed E-state index contributed by atoms with van der Waals surface area (Å²) in [7, 11) is 0. The summed E-state index contributed by atoms with van der Waals surface area (Å²) in [5, 5.41) is 38.6. The highest BCUT2D eigenvalue weighted by atomic mass is 16.4. The zero-order chi connectivity index (χ0) is 78.7. The number of imidazole rings is 2. The fraction of sp³-hybridized carbons (Fsp3) is 0.729. The topological polar surface area (TPSA) is 211 Å². The predicted molar refractivity (Wildman–Crippen MR) is 455 cm³/mol. The Bertz CT molecular complexity index is 4070. The Kier molecular flexibility index (Phi) is 23.9. The van der Waals surface area contributed by atoms with Gasteiger partial charge in [-0.2, -0.15) is 0 Å². The van der Waals surface area contributed by atoms with Gasteiger partial charge < -0.3 is 39.4 Å². The average molecular weight is 1590 g/mol. The Morgan fingerprint density at radius 2 is 0.690 bits per heavy atom. The van der Waals surface area contributed by atoms with E-state index < -0.39 is 23.9 Å². The highest BCUT2D eigenvalue weighted by Gasteiger charge is 2.52. The molecule has 0 spiro atoms. The van der Waals surface area contributed by atoms with Crippen LogP contribution in [0.1, 0.15) is 305 Å². The first-order valence-corrected chi connectivity index (χ1v) is 47.4. The summed E-state index contributed by atoms with van der Waals surface area (Å²) in [5.41, 5.74) is 7.93. The normalized spacial score (nSPS) is 36.5. The van der Waals surface area contributed by atoms with Crippen LogP contribution >= 0.6 is 0 Å². The van der Waals surface area contributed by atoms with Gasteiger partial charge in [-0.1, -0.05) is 133 Å². The van der Waals surface area contributed by atoms with Gasteiger partial charge in [0.05, 0.1) is 65.2 Å². The number of rotatable bonds is 16. The molecular weight excluding hydrogens is 1450 g/mol. The fourth-order valence-corrected chi connectivity index (χ4v) is 29.0. The molecule has 21 rings (SSSR count). The van der Waals surface area contributed by atoms with Gasteiger partial charge in [-0.25, -0.2) is 9.97 Å². The van der Waals surface area contributed by atoms with E-state index in [1.165, 1.54) is 235 Å². The zero-order valence-electron chi connectivity index (χ0n) is 69.6. The molecule has 9 saturated heterocycles. The summed E-state index contributed by atoms with van der Waals surface area (Å²) in [6.07, 6.45) is 55.4. The van der Waals surface area contributed by atoms with Gasteiger partial charge in [0.25, 0.3) is 0 Å². The van der Waals surface area contributed by atoms with Crippen LogP contribution in [0, 0.1) is 35.5 Å². The van der Waals surface area contributed by atoms with Crippen LogP contribution in [-0.4, -0.2) is 206 Å². The van der Waals surface area contributed by atoms with Crippen molar-refractivity contribution in [3.8, 4) is 0 Å². The molecule has 6 aliphatic carbocycles. The molecule has 6 unspecified atom stereocenters. The summed E-state index contributed by atoms with van der Waals surface area (Å²) < 4.78 is 5.17. The van der Waals surface area contributed by atoms with Crippen molar-refractivity contribution in [2.75, 3.05) is 62.2 Å². The first kappa shape index (κ1) is 79.4. The number of para-hydroxylation sites is 6. The fourth-order valence-electron chi connectivity index (χ4n) is 29.0. The zero-order valence-corrected chi connectivity index (χ0v) is 69.6. The molecule has 12 bridgehead atoms. The second-order valence-electron chi connectivity index (χ2n) is 40.2. The summed E-state index contributed by atoms with van der Waals surface area (Å²) in [6, 6.07) is 33.3. The van der Waals surface area contributed by atoms with Crippen LogP contribution in [0.4, 0.5) is 11.4 Å². The van der Waals surface area contributed by atoms with E-state index in [0.29, 0.717) is 60.9 Å². The highest BCUT2D eigenvalue weighted by Crippen LogP contribution is 2.55. The number of anilines is 2. The number of hydrogen-bond acceptors (Lipinski definition) is 14. The summed E-state index contributed by atoms with van der Waals surface area (Å²) in [4.78, 5) is 77.4. The van der Waals surface area contributed by atoms with Crippen molar-refractivity contribution in [1.82, 2.24) is 48.5 Å². The highest BCUT2D eigenvalue weighted by molar-refractivity contribution is 5.88. The standard InChI is InChI=1S/C34H48N4O4.2C31H44N4O2/c39-32(40)21-35-14-6-9-25(20-35)34-36(22-33(41)42)30-12-3-4-13-31(30)38(34)29-18-26-10-5-11-27(19-29)37(26)28-16-23-7-1-2-8-24(15-23)17-28;2*36-30(37)20-33-14-6-13-29(33)31-32-27-11-3-4-12-28(27)35(31)26-18-23-9-5-10-24(19-26)34(23)25-16-21-7-1-2-8-22(15-21)17-25/h3-4,12-13,23-24,26-29H,1-2,5-11,14-22H2,(H,39,40)(H,41,42);2*3-4,11-12,21-26,29H,1-2,5-10,13-20H2,(H,36,37)/b34-25+;;/t23-,24+,26-,27+,28?,29?;2*21-,22+,23-,24+,25?,26?,29-/m.10/s1. The third kappa shape index (κ3) is 16.6. The van der Waals surface area contributed by atoms with Crippen LogP contribution in [0.15, 0.2) is 84.2 Å². The Morgan fingerprint density at radius 1 is 0.328 bits per heavy atom. The molecule has 2 aromatic heterocycles. The van der Waals surface area contributed by atoms with Crippen molar-refractivity contribution in [3.05, 3.63) is 95.8 Å². The van der Waals surface area contributed by atoms with Gasteiger partial charge in [0.2, 0.25) is 0 Å². The third-order valence-corrected chi connectivity index (χ3v) is 32.9. The quantitative estimate of drug-likeness (QED) is 0.0723. The van der Waals surface area contributed by atoms with Gasteiger partial charge >= 0.3 is 23.9 Å². The van der Waals surface area contributed by atoms with Crippen molar-refractivity contribution in [2.45, 2.75) is 354 Å². The number of aromatic nitrogens is 4. The number of piperidine rings is 7. The second kappa shape index (κ2) is 35.0. The largest absolute Gasteiger partial charge is 0.480 e. The van der Waals surface area contributed by atoms with Gasteiger partial charge in [0.1, 0.15) is 24.0 Å².